The minimum absolute atomic E-state index is 0.451. The van der Waals surface area contributed by atoms with Gasteiger partial charge in [0.2, 0.25) is 0 Å². The standard InChI is InChI=1S/C13H17BrN2S2/c1-16(2)11(12-4-3-5-17-12)8-15-7-10-6-13(14)18-9-10/h3-6,9,11,15H,7-8H2,1-2H3. The lowest BCUT2D eigenvalue weighted by atomic mass is 10.2. The van der Waals surface area contributed by atoms with E-state index in [1.807, 2.05) is 11.3 Å². The summed E-state index contributed by atoms with van der Waals surface area (Å²) in [6, 6.07) is 6.95. The van der Waals surface area contributed by atoms with E-state index in [4.69, 9.17) is 0 Å². The number of nitrogens with zero attached hydrogens (tertiary/aromatic N) is 1. The van der Waals surface area contributed by atoms with E-state index in [-0.39, 0.29) is 0 Å². The fourth-order valence-corrected chi connectivity index (χ4v) is 3.94. The van der Waals surface area contributed by atoms with Crippen molar-refractivity contribution in [1.82, 2.24) is 10.2 Å². The summed E-state index contributed by atoms with van der Waals surface area (Å²) >= 11 is 7.05. The Morgan fingerprint density at radius 2 is 2.22 bits per heavy atom. The van der Waals surface area contributed by atoms with Crippen LogP contribution >= 0.6 is 38.6 Å². The van der Waals surface area contributed by atoms with E-state index in [2.05, 4.69) is 69.2 Å². The molecule has 0 aliphatic carbocycles. The van der Waals surface area contributed by atoms with Gasteiger partial charge in [-0.1, -0.05) is 6.07 Å². The van der Waals surface area contributed by atoms with Crippen molar-refractivity contribution in [3.05, 3.63) is 43.2 Å². The number of hydrogen-bond donors (Lipinski definition) is 1. The predicted octanol–water partition coefficient (Wildman–Crippen LogP) is 3.96. The van der Waals surface area contributed by atoms with E-state index in [1.165, 1.54) is 14.2 Å². The highest BCUT2D eigenvalue weighted by molar-refractivity contribution is 9.11. The first-order valence-corrected chi connectivity index (χ1v) is 8.35. The van der Waals surface area contributed by atoms with Crippen molar-refractivity contribution in [3.8, 4) is 0 Å². The average molecular weight is 345 g/mol. The Kier molecular flexibility index (Phi) is 5.38. The van der Waals surface area contributed by atoms with Crippen LogP contribution in [0.25, 0.3) is 0 Å². The highest BCUT2D eigenvalue weighted by Crippen LogP contribution is 2.23. The molecule has 2 heterocycles. The first kappa shape index (κ1) is 14.2. The smallest absolute Gasteiger partial charge is 0.0701 e. The molecule has 0 amide bonds. The molecule has 2 aromatic heterocycles. The van der Waals surface area contributed by atoms with Crippen molar-refractivity contribution in [2.75, 3.05) is 20.6 Å². The van der Waals surface area contributed by atoms with Gasteiger partial charge in [-0.15, -0.1) is 22.7 Å². The zero-order valence-corrected chi connectivity index (χ0v) is 13.7. The Hall–Kier alpha value is -0.200. The first-order chi connectivity index (χ1) is 8.66. The maximum atomic E-state index is 3.54. The van der Waals surface area contributed by atoms with E-state index in [9.17, 15) is 0 Å². The Labute approximate surface area is 125 Å². The highest BCUT2D eigenvalue weighted by atomic mass is 79.9. The van der Waals surface area contributed by atoms with Crippen molar-refractivity contribution in [3.63, 3.8) is 0 Å². The quantitative estimate of drug-likeness (QED) is 0.852. The van der Waals surface area contributed by atoms with Gasteiger partial charge in [0.25, 0.3) is 0 Å². The van der Waals surface area contributed by atoms with Gasteiger partial charge in [0.1, 0.15) is 0 Å². The summed E-state index contributed by atoms with van der Waals surface area (Å²) in [4.78, 5) is 3.68. The zero-order chi connectivity index (χ0) is 13.0. The third-order valence-corrected chi connectivity index (χ3v) is 5.31. The third-order valence-electron chi connectivity index (χ3n) is 2.78. The number of nitrogens with one attached hydrogen (secondary N) is 1. The number of hydrogen-bond acceptors (Lipinski definition) is 4. The van der Waals surface area contributed by atoms with E-state index in [0.29, 0.717) is 6.04 Å². The second kappa shape index (κ2) is 6.82. The number of rotatable bonds is 6. The molecule has 1 N–H and O–H groups in total. The minimum Gasteiger partial charge on any atom is -0.311 e. The Morgan fingerprint density at radius 3 is 2.78 bits per heavy atom. The molecule has 0 aromatic carbocycles. The van der Waals surface area contributed by atoms with Crippen molar-refractivity contribution in [2.45, 2.75) is 12.6 Å². The normalized spacial score (nSPS) is 13.1. The molecule has 98 valence electrons. The molecule has 0 bridgehead atoms. The van der Waals surface area contributed by atoms with Gasteiger partial charge in [0.05, 0.1) is 9.83 Å². The van der Waals surface area contributed by atoms with Gasteiger partial charge in [-0.05, 0) is 58.5 Å². The number of thiophene rings is 2. The van der Waals surface area contributed by atoms with Crippen LogP contribution in [0.2, 0.25) is 0 Å². The minimum atomic E-state index is 0.451. The Morgan fingerprint density at radius 1 is 1.39 bits per heavy atom. The molecule has 0 aliphatic heterocycles. The maximum Gasteiger partial charge on any atom is 0.0701 e. The molecular formula is C13H17BrN2S2. The highest BCUT2D eigenvalue weighted by Gasteiger charge is 2.14. The average Bonchev–Trinajstić information content (AvgIpc) is 2.95. The van der Waals surface area contributed by atoms with Gasteiger partial charge < -0.3 is 10.2 Å². The topological polar surface area (TPSA) is 15.3 Å². The molecule has 1 atom stereocenters. The van der Waals surface area contributed by atoms with E-state index < -0.39 is 0 Å². The van der Waals surface area contributed by atoms with E-state index >= 15 is 0 Å². The third kappa shape index (κ3) is 3.90. The van der Waals surface area contributed by atoms with Crippen LogP contribution in [0.3, 0.4) is 0 Å². The Bertz CT molecular complexity index is 465. The largest absolute Gasteiger partial charge is 0.311 e. The van der Waals surface area contributed by atoms with Crippen LogP contribution in [0.15, 0.2) is 32.7 Å². The van der Waals surface area contributed by atoms with Gasteiger partial charge in [0.15, 0.2) is 0 Å². The summed E-state index contributed by atoms with van der Waals surface area (Å²) in [6.45, 7) is 1.90. The van der Waals surface area contributed by atoms with Crippen molar-refractivity contribution in [2.24, 2.45) is 0 Å². The molecule has 2 rings (SSSR count). The first-order valence-electron chi connectivity index (χ1n) is 5.80. The van der Waals surface area contributed by atoms with Gasteiger partial charge in [-0.3, -0.25) is 0 Å². The molecule has 0 radical (unpaired) electrons. The lowest BCUT2D eigenvalue weighted by molar-refractivity contribution is 0.292. The second-order valence-corrected chi connectivity index (χ2v) is 7.65. The molecule has 2 aromatic rings. The molecule has 1 unspecified atom stereocenters. The van der Waals surface area contributed by atoms with Gasteiger partial charge in [-0.2, -0.15) is 0 Å². The summed E-state index contributed by atoms with van der Waals surface area (Å²) in [7, 11) is 4.26. The molecule has 0 fully saturated rings. The van der Waals surface area contributed by atoms with Crippen LogP contribution in [0, 0.1) is 0 Å². The molecule has 0 spiro atoms. The SMILES string of the molecule is CN(C)C(CNCc1csc(Br)c1)c1cccs1. The molecule has 0 saturated carbocycles. The fraction of sp³-hybridized carbons (Fsp3) is 0.385. The van der Waals surface area contributed by atoms with Crippen LogP contribution in [0.4, 0.5) is 0 Å². The van der Waals surface area contributed by atoms with Crippen molar-refractivity contribution < 1.29 is 0 Å². The Balaban J connectivity index is 1.87. The lowest BCUT2D eigenvalue weighted by Crippen LogP contribution is -2.30. The zero-order valence-electron chi connectivity index (χ0n) is 10.5. The second-order valence-electron chi connectivity index (χ2n) is 4.38. The monoisotopic (exact) mass is 344 g/mol. The van der Waals surface area contributed by atoms with Crippen molar-refractivity contribution in [1.29, 1.82) is 0 Å². The van der Waals surface area contributed by atoms with Crippen LogP contribution in [0.5, 0.6) is 0 Å². The lowest BCUT2D eigenvalue weighted by Gasteiger charge is -2.23. The van der Waals surface area contributed by atoms with E-state index in [0.717, 1.165) is 13.1 Å². The molecular weight excluding hydrogens is 328 g/mol. The molecule has 0 saturated heterocycles. The molecule has 0 aliphatic rings. The van der Waals surface area contributed by atoms with Crippen molar-refractivity contribution >= 4 is 38.6 Å². The van der Waals surface area contributed by atoms with Gasteiger partial charge in [0, 0.05) is 18.0 Å². The summed E-state index contributed by atoms with van der Waals surface area (Å²) in [5, 5.41) is 7.86. The predicted molar refractivity (Wildman–Crippen MR) is 84.5 cm³/mol. The number of likely N-dealkylation sites (N-methyl/N-ethyl adjacent to an activating group) is 1. The fourth-order valence-electron chi connectivity index (χ4n) is 1.81. The van der Waals surface area contributed by atoms with Crippen LogP contribution in [-0.2, 0) is 6.54 Å². The van der Waals surface area contributed by atoms with Gasteiger partial charge >= 0.3 is 0 Å². The maximum absolute atomic E-state index is 3.54. The van der Waals surface area contributed by atoms with Crippen LogP contribution in [-0.4, -0.2) is 25.5 Å². The van der Waals surface area contributed by atoms with E-state index in [1.54, 1.807) is 11.3 Å². The van der Waals surface area contributed by atoms with Crippen LogP contribution in [0.1, 0.15) is 16.5 Å². The summed E-state index contributed by atoms with van der Waals surface area (Å²) in [5.74, 6) is 0. The summed E-state index contributed by atoms with van der Waals surface area (Å²) in [5.41, 5.74) is 1.34. The van der Waals surface area contributed by atoms with Gasteiger partial charge in [-0.25, -0.2) is 0 Å². The number of halogens is 1. The molecule has 5 heteroatoms. The molecule has 18 heavy (non-hydrogen) atoms. The summed E-state index contributed by atoms with van der Waals surface area (Å²) < 4.78 is 1.20. The molecule has 2 nitrogen and oxygen atoms in total. The summed E-state index contributed by atoms with van der Waals surface area (Å²) in [6.07, 6.45) is 0. The van der Waals surface area contributed by atoms with Crippen LogP contribution < -0.4 is 5.32 Å².